The first-order valence-corrected chi connectivity index (χ1v) is 8.09. The predicted octanol–water partition coefficient (Wildman–Crippen LogP) is 3.38. The summed E-state index contributed by atoms with van der Waals surface area (Å²) in [4.78, 5) is 15.1. The van der Waals surface area contributed by atoms with Crippen LogP contribution in [-0.4, -0.2) is 33.5 Å². The molecule has 0 atom stereocenters. The first kappa shape index (κ1) is 15.9. The van der Waals surface area contributed by atoms with Crippen LogP contribution in [-0.2, 0) is 11.2 Å². The van der Waals surface area contributed by atoms with E-state index in [1.165, 1.54) is 11.8 Å². The topological polar surface area (TPSA) is 64.3 Å². The van der Waals surface area contributed by atoms with Gasteiger partial charge in [0.15, 0.2) is 5.16 Å². The van der Waals surface area contributed by atoms with Crippen LogP contribution in [0.25, 0.3) is 5.69 Å². The molecule has 0 aliphatic carbocycles. The monoisotopic (exact) mass is 370 g/mol. The Morgan fingerprint density at radius 1 is 1.52 bits per heavy atom. The van der Waals surface area contributed by atoms with E-state index in [-0.39, 0.29) is 5.75 Å². The number of ether oxygens (including phenoxy) is 1. The van der Waals surface area contributed by atoms with Gasteiger partial charge in [0, 0.05) is 17.6 Å². The number of aryl methyl sites for hydroxylation is 1. The summed E-state index contributed by atoms with van der Waals surface area (Å²) in [7, 11) is 1.61. The maximum Gasteiger partial charge on any atom is 0.313 e. The number of carboxylic acid groups (broad SMARTS) is 1. The molecule has 0 radical (unpaired) electrons. The number of imidazole rings is 1. The van der Waals surface area contributed by atoms with E-state index in [0.29, 0.717) is 5.16 Å². The normalized spacial score (nSPS) is 10.6. The van der Waals surface area contributed by atoms with Crippen molar-refractivity contribution in [1.82, 2.24) is 9.55 Å². The number of thioether (sulfide) groups is 1. The third kappa shape index (κ3) is 3.59. The van der Waals surface area contributed by atoms with Gasteiger partial charge < -0.3 is 9.84 Å². The Balaban J connectivity index is 2.43. The number of aromatic nitrogens is 2. The predicted molar refractivity (Wildman–Crippen MR) is 85.6 cm³/mol. The number of carboxylic acids is 1. The van der Waals surface area contributed by atoms with E-state index in [1.807, 2.05) is 29.7 Å². The zero-order chi connectivity index (χ0) is 15.4. The lowest BCUT2D eigenvalue weighted by molar-refractivity contribution is -0.133. The fourth-order valence-electron chi connectivity index (χ4n) is 1.92. The average Bonchev–Trinajstić information content (AvgIpc) is 2.87. The molecule has 0 unspecified atom stereocenters. The molecule has 2 aromatic rings. The molecule has 0 saturated carbocycles. The standard InChI is InChI=1S/C14H15BrN2O3S/c1-3-9-7-16-14(21-8-13(18)19)17(9)10-4-5-12(20-2)11(15)6-10/h4-7H,3,8H2,1-2H3,(H,18,19). The number of rotatable bonds is 6. The molecule has 0 spiro atoms. The largest absolute Gasteiger partial charge is 0.496 e. The maximum atomic E-state index is 10.8. The van der Waals surface area contributed by atoms with Crippen molar-refractivity contribution < 1.29 is 14.6 Å². The summed E-state index contributed by atoms with van der Waals surface area (Å²) in [6.07, 6.45) is 2.59. The minimum atomic E-state index is -0.858. The number of hydrogen-bond donors (Lipinski definition) is 1. The summed E-state index contributed by atoms with van der Waals surface area (Å²) in [6, 6.07) is 5.73. The van der Waals surface area contributed by atoms with Gasteiger partial charge >= 0.3 is 5.97 Å². The van der Waals surface area contributed by atoms with E-state index in [1.54, 1.807) is 13.3 Å². The van der Waals surface area contributed by atoms with Gasteiger partial charge in [-0.3, -0.25) is 9.36 Å². The van der Waals surface area contributed by atoms with Gasteiger partial charge in [0.1, 0.15) is 5.75 Å². The smallest absolute Gasteiger partial charge is 0.313 e. The Hall–Kier alpha value is -1.47. The van der Waals surface area contributed by atoms with Gasteiger partial charge in [0.25, 0.3) is 0 Å². The molecule has 1 aromatic carbocycles. The highest BCUT2D eigenvalue weighted by Gasteiger charge is 2.14. The van der Waals surface area contributed by atoms with Gasteiger partial charge in [0.2, 0.25) is 0 Å². The lowest BCUT2D eigenvalue weighted by Crippen LogP contribution is -2.04. The van der Waals surface area contributed by atoms with Gasteiger partial charge in [-0.05, 0) is 40.5 Å². The first-order chi connectivity index (χ1) is 10.1. The molecule has 1 aromatic heterocycles. The lowest BCUT2D eigenvalue weighted by Gasteiger charge is -2.12. The van der Waals surface area contributed by atoms with Crippen LogP contribution in [0.15, 0.2) is 34.0 Å². The minimum absolute atomic E-state index is 0.0164. The quantitative estimate of drug-likeness (QED) is 0.789. The van der Waals surface area contributed by atoms with Crippen LogP contribution in [0, 0.1) is 0 Å². The molecule has 0 saturated heterocycles. The highest BCUT2D eigenvalue weighted by Crippen LogP contribution is 2.30. The summed E-state index contributed by atoms with van der Waals surface area (Å²) in [6.45, 7) is 2.04. The van der Waals surface area contributed by atoms with Crippen LogP contribution in [0.5, 0.6) is 5.75 Å². The molecule has 0 fully saturated rings. The zero-order valence-corrected chi connectivity index (χ0v) is 14.1. The van der Waals surface area contributed by atoms with Crippen LogP contribution < -0.4 is 4.74 Å². The van der Waals surface area contributed by atoms with E-state index in [0.717, 1.165) is 28.0 Å². The van der Waals surface area contributed by atoms with Gasteiger partial charge in [-0.15, -0.1) is 0 Å². The van der Waals surface area contributed by atoms with Crippen molar-refractivity contribution in [1.29, 1.82) is 0 Å². The molecule has 7 heteroatoms. The second kappa shape index (κ2) is 7.00. The Bertz CT molecular complexity index is 658. The van der Waals surface area contributed by atoms with Crippen LogP contribution in [0.1, 0.15) is 12.6 Å². The molecule has 2 rings (SSSR count). The number of hydrogen-bond acceptors (Lipinski definition) is 4. The first-order valence-electron chi connectivity index (χ1n) is 6.32. The second-order valence-corrected chi connectivity index (χ2v) is 6.02. The van der Waals surface area contributed by atoms with Gasteiger partial charge in [-0.1, -0.05) is 18.7 Å². The zero-order valence-electron chi connectivity index (χ0n) is 11.7. The van der Waals surface area contributed by atoms with Crippen molar-refractivity contribution in [3.63, 3.8) is 0 Å². The second-order valence-electron chi connectivity index (χ2n) is 4.22. The van der Waals surface area contributed by atoms with Crippen LogP contribution in [0.3, 0.4) is 0 Å². The number of halogens is 1. The summed E-state index contributed by atoms with van der Waals surface area (Å²) in [5.41, 5.74) is 1.95. The maximum absolute atomic E-state index is 10.8. The van der Waals surface area contributed by atoms with Gasteiger partial charge in [-0.25, -0.2) is 4.98 Å². The summed E-state index contributed by atoms with van der Waals surface area (Å²) in [5, 5.41) is 9.50. The fraction of sp³-hybridized carbons (Fsp3) is 0.286. The molecule has 0 aliphatic heterocycles. The van der Waals surface area contributed by atoms with E-state index in [9.17, 15) is 4.79 Å². The summed E-state index contributed by atoms with van der Waals surface area (Å²) in [5.74, 6) is -0.127. The number of nitrogens with zero attached hydrogens (tertiary/aromatic N) is 2. The highest BCUT2D eigenvalue weighted by molar-refractivity contribution is 9.10. The van der Waals surface area contributed by atoms with Crippen LogP contribution >= 0.6 is 27.7 Å². The number of carbonyl (C=O) groups is 1. The van der Waals surface area contributed by atoms with E-state index >= 15 is 0 Å². The summed E-state index contributed by atoms with van der Waals surface area (Å²) >= 11 is 4.67. The Morgan fingerprint density at radius 2 is 2.29 bits per heavy atom. The Labute approximate surface area is 135 Å². The molecular formula is C14H15BrN2O3S. The number of aliphatic carboxylic acids is 1. The molecule has 1 heterocycles. The average molecular weight is 371 g/mol. The molecule has 1 N–H and O–H groups in total. The van der Waals surface area contributed by atoms with Crippen molar-refractivity contribution in [2.24, 2.45) is 0 Å². The van der Waals surface area contributed by atoms with E-state index in [2.05, 4.69) is 20.9 Å². The van der Waals surface area contributed by atoms with Crippen molar-refractivity contribution in [2.45, 2.75) is 18.5 Å². The van der Waals surface area contributed by atoms with Crippen molar-refractivity contribution in [2.75, 3.05) is 12.9 Å². The Morgan fingerprint density at radius 3 is 2.86 bits per heavy atom. The van der Waals surface area contributed by atoms with Gasteiger partial charge in [-0.2, -0.15) is 0 Å². The lowest BCUT2D eigenvalue weighted by atomic mass is 10.2. The molecular weight excluding hydrogens is 356 g/mol. The van der Waals surface area contributed by atoms with Crippen LogP contribution in [0.2, 0.25) is 0 Å². The Kier molecular flexibility index (Phi) is 5.30. The van der Waals surface area contributed by atoms with E-state index < -0.39 is 5.97 Å². The third-order valence-electron chi connectivity index (χ3n) is 2.88. The number of methoxy groups -OCH3 is 1. The third-order valence-corrected chi connectivity index (χ3v) is 4.44. The summed E-state index contributed by atoms with van der Waals surface area (Å²) < 4.78 is 8.04. The molecule has 0 amide bonds. The molecule has 112 valence electrons. The molecule has 5 nitrogen and oxygen atoms in total. The number of benzene rings is 1. The molecule has 0 aliphatic rings. The van der Waals surface area contributed by atoms with Gasteiger partial charge in [0.05, 0.1) is 17.3 Å². The minimum Gasteiger partial charge on any atom is -0.496 e. The molecule has 21 heavy (non-hydrogen) atoms. The van der Waals surface area contributed by atoms with Crippen molar-refractivity contribution in [3.05, 3.63) is 34.6 Å². The van der Waals surface area contributed by atoms with Crippen molar-refractivity contribution in [3.8, 4) is 11.4 Å². The SMILES string of the molecule is CCc1cnc(SCC(=O)O)n1-c1ccc(OC)c(Br)c1. The van der Waals surface area contributed by atoms with Crippen LogP contribution in [0.4, 0.5) is 0 Å². The molecule has 0 bridgehead atoms. The highest BCUT2D eigenvalue weighted by atomic mass is 79.9. The van der Waals surface area contributed by atoms with Crippen molar-refractivity contribution >= 4 is 33.7 Å². The van der Waals surface area contributed by atoms with E-state index in [4.69, 9.17) is 9.84 Å². The fourth-order valence-corrected chi connectivity index (χ4v) is 3.18.